The van der Waals surface area contributed by atoms with E-state index >= 15 is 0 Å². The van der Waals surface area contributed by atoms with Gasteiger partial charge in [0.25, 0.3) is 0 Å². The van der Waals surface area contributed by atoms with E-state index < -0.39 is 0 Å². The molecular weight excluding hydrogens is 657 g/mol. The van der Waals surface area contributed by atoms with Crippen molar-refractivity contribution >= 4 is 54.6 Å². The average molecular weight is 689 g/mol. The van der Waals surface area contributed by atoms with Crippen LogP contribution in [0.4, 0.5) is 0 Å². The van der Waals surface area contributed by atoms with Crippen molar-refractivity contribution in [1.29, 1.82) is 0 Å². The lowest BCUT2D eigenvalue weighted by Crippen LogP contribution is -1.95. The first-order valence-electron chi connectivity index (χ1n) is 18.4. The van der Waals surface area contributed by atoms with Crippen molar-refractivity contribution in [2.24, 2.45) is 0 Å². The van der Waals surface area contributed by atoms with E-state index in [2.05, 4.69) is 199 Å². The van der Waals surface area contributed by atoms with Gasteiger partial charge in [0, 0.05) is 32.5 Å². The summed E-state index contributed by atoms with van der Waals surface area (Å²) in [5, 5.41) is 5.71. The summed E-state index contributed by atoms with van der Waals surface area (Å²) in [6.45, 7) is 0. The monoisotopic (exact) mass is 688 g/mol. The highest BCUT2D eigenvalue weighted by Gasteiger charge is 2.20. The Balaban J connectivity index is 1.14. The van der Waals surface area contributed by atoms with Crippen molar-refractivity contribution in [3.63, 3.8) is 0 Å². The summed E-state index contributed by atoms with van der Waals surface area (Å²) in [6.07, 6.45) is 0. The summed E-state index contributed by atoms with van der Waals surface area (Å²) >= 11 is 0. The first-order chi connectivity index (χ1) is 26.8. The predicted octanol–water partition coefficient (Wildman–Crippen LogP) is 13.9. The van der Waals surface area contributed by atoms with Gasteiger partial charge in [-0.15, -0.1) is 0 Å². The van der Waals surface area contributed by atoms with Crippen molar-refractivity contribution in [3.05, 3.63) is 194 Å². The molecule has 11 aromatic rings. The zero-order chi connectivity index (χ0) is 35.6. The number of hydrogen-bond acceptors (Lipinski definition) is 2. The van der Waals surface area contributed by atoms with Crippen molar-refractivity contribution < 1.29 is 4.42 Å². The van der Waals surface area contributed by atoms with Crippen LogP contribution in [0.5, 0.6) is 0 Å². The molecule has 0 amide bonds. The number of benzene rings is 8. The van der Waals surface area contributed by atoms with Crippen LogP contribution in [0.2, 0.25) is 0 Å². The molecule has 252 valence electrons. The Morgan fingerprint density at radius 2 is 0.926 bits per heavy atom. The molecular formula is C51H32N2O. The van der Waals surface area contributed by atoms with Crippen molar-refractivity contribution in [1.82, 2.24) is 9.55 Å². The van der Waals surface area contributed by atoms with Crippen LogP contribution < -0.4 is 0 Å². The Hall–Kier alpha value is -7.23. The summed E-state index contributed by atoms with van der Waals surface area (Å²) in [5.74, 6) is 0. The second kappa shape index (κ2) is 12.2. The Bertz CT molecular complexity index is 3100. The molecule has 0 unspecified atom stereocenters. The fourth-order valence-corrected chi connectivity index (χ4v) is 8.20. The molecule has 0 radical (unpaired) electrons. The van der Waals surface area contributed by atoms with Gasteiger partial charge in [-0.3, -0.25) is 0 Å². The Morgan fingerprint density at radius 3 is 1.59 bits per heavy atom. The fourth-order valence-electron chi connectivity index (χ4n) is 8.20. The Kier molecular flexibility index (Phi) is 6.86. The standard InChI is InChI=1S/C51H32N2O/c1-4-13-33(14-5-1)36-23-26-40-41-27-24-37(34-15-6-2-7-16-34)30-49(41)53(48(40)29-36)47-22-12-20-43-42-28-25-38(31-50(42)54-51(43)47)46-32-44(35-17-8-3-9-18-35)39-19-10-11-21-45(39)52-46/h1-32H. The number of aromatic nitrogens is 2. The minimum absolute atomic E-state index is 0.835. The van der Waals surface area contributed by atoms with Gasteiger partial charge in [-0.1, -0.05) is 152 Å². The highest BCUT2D eigenvalue weighted by molar-refractivity contribution is 6.14. The van der Waals surface area contributed by atoms with Crippen LogP contribution in [-0.2, 0) is 0 Å². The quantitative estimate of drug-likeness (QED) is 0.180. The maximum Gasteiger partial charge on any atom is 0.159 e. The number of rotatable bonds is 5. The van der Waals surface area contributed by atoms with Gasteiger partial charge >= 0.3 is 0 Å². The molecule has 0 bridgehead atoms. The Morgan fingerprint density at radius 1 is 0.370 bits per heavy atom. The number of furan rings is 1. The van der Waals surface area contributed by atoms with Crippen molar-refractivity contribution in [3.8, 4) is 50.3 Å². The van der Waals surface area contributed by atoms with E-state index in [9.17, 15) is 0 Å². The summed E-state index contributed by atoms with van der Waals surface area (Å²) in [6, 6.07) is 69.0. The number of hydrogen-bond donors (Lipinski definition) is 0. The summed E-state index contributed by atoms with van der Waals surface area (Å²) in [5.41, 5.74) is 14.9. The van der Waals surface area contributed by atoms with Gasteiger partial charge in [0.15, 0.2) is 5.58 Å². The van der Waals surface area contributed by atoms with Gasteiger partial charge in [-0.2, -0.15) is 0 Å². The van der Waals surface area contributed by atoms with Crippen LogP contribution in [-0.4, -0.2) is 9.55 Å². The molecule has 8 aromatic carbocycles. The molecule has 0 aliphatic carbocycles. The summed E-state index contributed by atoms with van der Waals surface area (Å²) in [4.78, 5) is 5.14. The topological polar surface area (TPSA) is 31.0 Å². The highest BCUT2D eigenvalue weighted by Crippen LogP contribution is 2.41. The van der Waals surface area contributed by atoms with E-state index in [0.717, 1.165) is 60.8 Å². The number of para-hydroxylation sites is 2. The van der Waals surface area contributed by atoms with Crippen molar-refractivity contribution in [2.45, 2.75) is 0 Å². The zero-order valence-corrected chi connectivity index (χ0v) is 29.3. The molecule has 0 aliphatic rings. The highest BCUT2D eigenvalue weighted by atomic mass is 16.3. The summed E-state index contributed by atoms with van der Waals surface area (Å²) < 4.78 is 9.35. The molecule has 54 heavy (non-hydrogen) atoms. The lowest BCUT2D eigenvalue weighted by atomic mass is 9.98. The van der Waals surface area contributed by atoms with Crippen LogP contribution >= 0.6 is 0 Å². The summed E-state index contributed by atoms with van der Waals surface area (Å²) in [7, 11) is 0. The Labute approximate surface area is 312 Å². The van der Waals surface area contributed by atoms with Crippen LogP contribution in [0.15, 0.2) is 199 Å². The molecule has 0 saturated heterocycles. The minimum atomic E-state index is 0.835. The van der Waals surface area contributed by atoms with Gasteiger partial charge < -0.3 is 8.98 Å². The molecule has 3 aromatic heterocycles. The smallest absolute Gasteiger partial charge is 0.159 e. The van der Waals surface area contributed by atoms with Crippen LogP contribution in [0.25, 0.3) is 105 Å². The number of fused-ring (bicyclic) bond motifs is 7. The normalized spacial score (nSPS) is 11.7. The first kappa shape index (κ1) is 30.4. The zero-order valence-electron chi connectivity index (χ0n) is 29.3. The van der Waals surface area contributed by atoms with Gasteiger partial charge in [0.2, 0.25) is 0 Å². The van der Waals surface area contributed by atoms with E-state index in [0.29, 0.717) is 0 Å². The van der Waals surface area contributed by atoms with Crippen LogP contribution in [0, 0.1) is 0 Å². The third-order valence-corrected chi connectivity index (χ3v) is 10.8. The van der Waals surface area contributed by atoms with Gasteiger partial charge in [0.05, 0.1) is 27.9 Å². The second-order valence-corrected chi connectivity index (χ2v) is 13.9. The van der Waals surface area contributed by atoms with Gasteiger partial charge in [0.1, 0.15) is 5.58 Å². The molecule has 0 spiro atoms. The van der Waals surface area contributed by atoms with E-state index in [1.807, 2.05) is 0 Å². The first-order valence-corrected chi connectivity index (χ1v) is 18.4. The number of pyridine rings is 1. The molecule has 0 N–H and O–H groups in total. The van der Waals surface area contributed by atoms with E-state index in [4.69, 9.17) is 9.40 Å². The molecule has 3 heteroatoms. The molecule has 3 heterocycles. The minimum Gasteiger partial charge on any atom is -0.454 e. The maximum atomic E-state index is 6.95. The van der Waals surface area contributed by atoms with Crippen LogP contribution in [0.3, 0.4) is 0 Å². The van der Waals surface area contributed by atoms with Gasteiger partial charge in [-0.25, -0.2) is 4.98 Å². The van der Waals surface area contributed by atoms with E-state index in [-0.39, 0.29) is 0 Å². The largest absolute Gasteiger partial charge is 0.454 e. The lowest BCUT2D eigenvalue weighted by Gasteiger charge is -2.10. The molecule has 11 rings (SSSR count). The number of nitrogens with zero attached hydrogens (tertiary/aromatic N) is 2. The fraction of sp³-hybridized carbons (Fsp3) is 0. The predicted molar refractivity (Wildman–Crippen MR) is 225 cm³/mol. The second-order valence-electron chi connectivity index (χ2n) is 13.9. The molecule has 3 nitrogen and oxygen atoms in total. The molecule has 0 saturated carbocycles. The van der Waals surface area contributed by atoms with Gasteiger partial charge in [-0.05, 0) is 75.8 Å². The van der Waals surface area contributed by atoms with E-state index in [1.54, 1.807) is 0 Å². The lowest BCUT2D eigenvalue weighted by molar-refractivity contribution is 0.666. The SMILES string of the molecule is c1ccc(-c2ccc3c4ccc(-c5ccccc5)cc4n(-c4cccc5c4oc4cc(-c6cc(-c7ccccc7)c7ccccc7n6)ccc45)c3c2)cc1. The molecule has 0 aliphatic heterocycles. The van der Waals surface area contributed by atoms with E-state index in [1.165, 1.54) is 44.2 Å². The third-order valence-electron chi connectivity index (χ3n) is 10.8. The van der Waals surface area contributed by atoms with Crippen LogP contribution in [0.1, 0.15) is 0 Å². The third kappa shape index (κ3) is 4.87. The molecule has 0 fully saturated rings. The average Bonchev–Trinajstić information content (AvgIpc) is 3.79. The van der Waals surface area contributed by atoms with Crippen molar-refractivity contribution in [2.75, 3.05) is 0 Å². The maximum absolute atomic E-state index is 6.95. The molecule has 0 atom stereocenters.